The molecule has 9 heteroatoms. The third-order valence-electron chi connectivity index (χ3n) is 3.61. The number of esters is 2. The van der Waals surface area contributed by atoms with Gasteiger partial charge in [-0.05, 0) is 34.1 Å². The van der Waals surface area contributed by atoms with Crippen LogP contribution >= 0.6 is 27.3 Å². The van der Waals surface area contributed by atoms with Crippen LogP contribution in [-0.2, 0) is 14.0 Å². The van der Waals surface area contributed by atoms with Gasteiger partial charge in [0, 0.05) is 5.38 Å². The number of ether oxygens (including phenoxy) is 1. The van der Waals surface area contributed by atoms with Gasteiger partial charge in [-0.25, -0.2) is 14.6 Å². The Labute approximate surface area is 143 Å². The van der Waals surface area contributed by atoms with Crippen molar-refractivity contribution < 1.29 is 18.8 Å². The molecule has 6 nitrogen and oxygen atoms in total. The molecule has 0 aliphatic rings. The van der Waals surface area contributed by atoms with Gasteiger partial charge in [-0.3, -0.25) is 0 Å². The van der Waals surface area contributed by atoms with Crippen molar-refractivity contribution in [2.75, 3.05) is 6.61 Å². The lowest BCUT2D eigenvalue weighted by Crippen LogP contribution is -2.46. The van der Waals surface area contributed by atoms with Crippen LogP contribution in [0.25, 0.3) is 0 Å². The standard InChI is InChI=1S/C13H21BrN2O4SSi/c1-13(2,3)22(4,5)19-6-8(15)10(17)20-11(18)9-7-21-12(14)16-9/h7-8H,6,15H2,1-5H3/t8-/m0/s1. The van der Waals surface area contributed by atoms with Gasteiger partial charge in [0.1, 0.15) is 6.04 Å². The lowest BCUT2D eigenvalue weighted by atomic mass is 10.2. The van der Waals surface area contributed by atoms with E-state index >= 15 is 0 Å². The summed E-state index contributed by atoms with van der Waals surface area (Å²) in [5.41, 5.74) is 5.81. The Balaban J connectivity index is 2.54. The Morgan fingerprint density at radius 2 is 2.05 bits per heavy atom. The largest absolute Gasteiger partial charge is 0.415 e. The van der Waals surface area contributed by atoms with Gasteiger partial charge in [0.05, 0.1) is 6.61 Å². The first-order valence-electron chi connectivity index (χ1n) is 6.70. The van der Waals surface area contributed by atoms with Crippen molar-refractivity contribution >= 4 is 47.5 Å². The number of rotatable bonds is 5. The summed E-state index contributed by atoms with van der Waals surface area (Å²) in [5, 5.41) is 1.51. The van der Waals surface area contributed by atoms with Crippen LogP contribution in [0.15, 0.2) is 9.30 Å². The van der Waals surface area contributed by atoms with Crippen molar-refractivity contribution in [3.05, 3.63) is 15.0 Å². The zero-order chi connectivity index (χ0) is 17.1. The molecule has 1 heterocycles. The summed E-state index contributed by atoms with van der Waals surface area (Å²) in [6, 6.07) is -1.000. The summed E-state index contributed by atoms with van der Waals surface area (Å²) in [6.07, 6.45) is 0. The highest BCUT2D eigenvalue weighted by Gasteiger charge is 2.38. The number of aromatic nitrogens is 1. The molecule has 0 saturated carbocycles. The number of thiazole rings is 1. The number of halogens is 1. The van der Waals surface area contributed by atoms with E-state index in [0.717, 1.165) is 0 Å². The van der Waals surface area contributed by atoms with E-state index in [4.69, 9.17) is 14.9 Å². The quantitative estimate of drug-likeness (QED) is 0.457. The van der Waals surface area contributed by atoms with Crippen molar-refractivity contribution in [3.8, 4) is 0 Å². The summed E-state index contributed by atoms with van der Waals surface area (Å²) < 4.78 is 11.1. The second kappa shape index (κ2) is 7.31. The summed E-state index contributed by atoms with van der Waals surface area (Å²) in [7, 11) is -2.00. The maximum Gasteiger partial charge on any atom is 0.365 e. The van der Waals surface area contributed by atoms with Crippen LogP contribution < -0.4 is 5.73 Å². The fourth-order valence-electron chi connectivity index (χ4n) is 1.15. The van der Waals surface area contributed by atoms with E-state index in [-0.39, 0.29) is 17.3 Å². The van der Waals surface area contributed by atoms with E-state index in [0.29, 0.717) is 3.92 Å². The number of carbonyl (C=O) groups excluding carboxylic acids is 2. The monoisotopic (exact) mass is 408 g/mol. The molecule has 1 rings (SSSR count). The Kier molecular flexibility index (Phi) is 6.45. The van der Waals surface area contributed by atoms with Crippen LogP contribution in [-0.4, -0.2) is 37.9 Å². The maximum absolute atomic E-state index is 11.8. The van der Waals surface area contributed by atoms with E-state index in [1.165, 1.54) is 16.7 Å². The number of nitrogens with zero attached hydrogens (tertiary/aromatic N) is 1. The van der Waals surface area contributed by atoms with E-state index in [9.17, 15) is 9.59 Å². The van der Waals surface area contributed by atoms with Crippen LogP contribution in [0.3, 0.4) is 0 Å². The molecule has 1 aromatic rings. The average molecular weight is 409 g/mol. The van der Waals surface area contributed by atoms with E-state index in [1.54, 1.807) is 0 Å². The zero-order valence-electron chi connectivity index (χ0n) is 13.3. The van der Waals surface area contributed by atoms with Gasteiger partial charge in [-0.2, -0.15) is 0 Å². The van der Waals surface area contributed by atoms with E-state index in [1.807, 2.05) is 0 Å². The van der Waals surface area contributed by atoms with Gasteiger partial charge in [0.2, 0.25) is 0 Å². The summed E-state index contributed by atoms with van der Waals surface area (Å²) >= 11 is 4.36. The molecule has 0 fully saturated rings. The number of hydrogen-bond donors (Lipinski definition) is 1. The van der Waals surface area contributed by atoms with Gasteiger partial charge < -0.3 is 14.9 Å². The van der Waals surface area contributed by atoms with Crippen LogP contribution in [0.2, 0.25) is 18.1 Å². The Bertz CT molecular complexity index is 556. The lowest BCUT2D eigenvalue weighted by molar-refractivity contribution is -0.140. The molecule has 2 N–H and O–H groups in total. The number of nitrogens with two attached hydrogens (primary N) is 1. The first-order valence-corrected chi connectivity index (χ1v) is 11.3. The fraction of sp³-hybridized carbons (Fsp3) is 0.615. The number of carbonyl (C=O) groups is 2. The summed E-state index contributed by atoms with van der Waals surface area (Å²) in [5.74, 6) is -1.62. The topological polar surface area (TPSA) is 91.5 Å². The highest BCUT2D eigenvalue weighted by Crippen LogP contribution is 2.36. The predicted octanol–water partition coefficient (Wildman–Crippen LogP) is 2.94. The molecule has 0 aliphatic heterocycles. The van der Waals surface area contributed by atoms with Gasteiger partial charge in [-0.15, -0.1) is 11.3 Å². The van der Waals surface area contributed by atoms with Gasteiger partial charge in [0.15, 0.2) is 17.9 Å². The van der Waals surface area contributed by atoms with Gasteiger partial charge >= 0.3 is 11.9 Å². The number of hydrogen-bond acceptors (Lipinski definition) is 7. The minimum absolute atomic E-state index is 0.0132. The molecule has 0 amide bonds. The second-order valence-corrected chi connectivity index (χ2v) is 13.3. The third kappa shape index (κ3) is 5.23. The minimum atomic E-state index is -2.00. The Morgan fingerprint density at radius 3 is 2.50 bits per heavy atom. The SMILES string of the molecule is CC(C)(C)[Si](C)(C)OC[C@H](N)C(=O)OC(=O)c1csc(Br)n1. The fourth-order valence-corrected chi connectivity index (χ4v) is 3.16. The zero-order valence-corrected chi connectivity index (χ0v) is 16.7. The molecule has 1 aromatic heterocycles. The molecule has 1 atom stereocenters. The lowest BCUT2D eigenvalue weighted by Gasteiger charge is -2.36. The van der Waals surface area contributed by atoms with Gasteiger partial charge in [-0.1, -0.05) is 20.8 Å². The first-order chi connectivity index (χ1) is 9.94. The van der Waals surface area contributed by atoms with Crippen LogP contribution in [0.5, 0.6) is 0 Å². The smallest absolute Gasteiger partial charge is 0.365 e. The molecular formula is C13H21BrN2O4SSi. The van der Waals surface area contributed by atoms with Crippen molar-refractivity contribution in [2.45, 2.75) is 44.9 Å². The molecule has 0 bridgehead atoms. The molecule has 22 heavy (non-hydrogen) atoms. The van der Waals surface area contributed by atoms with Crippen molar-refractivity contribution in [2.24, 2.45) is 5.73 Å². The molecule has 0 unspecified atom stereocenters. The molecule has 0 aliphatic carbocycles. The third-order valence-corrected chi connectivity index (χ3v) is 9.48. The van der Waals surface area contributed by atoms with Crippen molar-refractivity contribution in [1.82, 2.24) is 4.98 Å². The Hall–Kier alpha value is -0.613. The molecule has 0 radical (unpaired) electrons. The van der Waals surface area contributed by atoms with E-state index in [2.05, 4.69) is 54.8 Å². The molecule has 0 saturated heterocycles. The molecule has 124 valence electrons. The minimum Gasteiger partial charge on any atom is -0.415 e. The highest BCUT2D eigenvalue weighted by atomic mass is 79.9. The first kappa shape index (κ1) is 19.4. The second-order valence-electron chi connectivity index (χ2n) is 6.37. The van der Waals surface area contributed by atoms with Crippen molar-refractivity contribution in [1.29, 1.82) is 0 Å². The normalized spacial score (nSPS) is 13.8. The molecular weight excluding hydrogens is 388 g/mol. The Morgan fingerprint density at radius 1 is 1.45 bits per heavy atom. The van der Waals surface area contributed by atoms with Crippen molar-refractivity contribution in [3.63, 3.8) is 0 Å². The maximum atomic E-state index is 11.8. The van der Waals surface area contributed by atoms with Crippen LogP contribution in [0.4, 0.5) is 0 Å². The highest BCUT2D eigenvalue weighted by molar-refractivity contribution is 9.11. The summed E-state index contributed by atoms with van der Waals surface area (Å²) in [4.78, 5) is 27.4. The van der Waals surface area contributed by atoms with Gasteiger partial charge in [0.25, 0.3) is 0 Å². The average Bonchev–Trinajstić information content (AvgIpc) is 2.81. The molecule has 0 aromatic carbocycles. The predicted molar refractivity (Wildman–Crippen MR) is 91.4 cm³/mol. The summed E-state index contributed by atoms with van der Waals surface area (Å²) in [6.45, 7) is 10.4. The van der Waals surface area contributed by atoms with E-state index < -0.39 is 26.3 Å². The van der Waals surface area contributed by atoms with Crippen LogP contribution in [0.1, 0.15) is 31.3 Å². The molecule has 0 spiro atoms. The van der Waals surface area contributed by atoms with Crippen LogP contribution in [0, 0.1) is 0 Å².